The zero-order chi connectivity index (χ0) is 25.1. The first-order chi connectivity index (χ1) is 16.0. The largest absolute Gasteiger partial charge is 0.543 e. The summed E-state index contributed by atoms with van der Waals surface area (Å²) in [5, 5.41) is 11.1. The molecule has 0 aromatic heterocycles. The van der Waals surface area contributed by atoms with Gasteiger partial charge in [-0.2, -0.15) is 0 Å². The second-order valence-corrected chi connectivity index (χ2v) is 16.3. The fraction of sp³-hybridized carbons (Fsp3) is 0.552. The first kappa shape index (κ1) is 26.6. The molecular weight excluding hydrogens is 438 g/mol. The van der Waals surface area contributed by atoms with Crippen LogP contribution in [-0.2, 0) is 5.60 Å². The zero-order valence-corrected chi connectivity index (χ0v) is 23.0. The van der Waals surface area contributed by atoms with Gasteiger partial charge in [0.2, 0.25) is 0 Å². The molecule has 0 spiro atoms. The molecule has 1 atom stereocenters. The van der Waals surface area contributed by atoms with Gasteiger partial charge in [0.25, 0.3) is 8.32 Å². The van der Waals surface area contributed by atoms with Crippen LogP contribution in [-0.4, -0.2) is 43.2 Å². The quantitative estimate of drug-likeness (QED) is 0.316. The van der Waals surface area contributed by atoms with E-state index in [1.807, 2.05) is 61.5 Å². The Balaban J connectivity index is 1.66. The summed E-state index contributed by atoms with van der Waals surface area (Å²) in [5.74, 6) is 0.995. The van der Waals surface area contributed by atoms with Gasteiger partial charge in [-0.1, -0.05) is 71.9 Å². The number of ketones is 1. The smallest absolute Gasteiger partial charge is 0.258 e. The second kappa shape index (κ2) is 10.8. The minimum Gasteiger partial charge on any atom is -0.543 e. The van der Waals surface area contributed by atoms with Crippen molar-refractivity contribution >= 4 is 14.1 Å². The maximum Gasteiger partial charge on any atom is 0.258 e. The number of hydrogen-bond donors (Lipinski definition) is 1. The summed E-state index contributed by atoms with van der Waals surface area (Å²) in [6, 6.07) is 17.4. The summed E-state index contributed by atoms with van der Waals surface area (Å²) in [5.41, 5.74) is 2.38. The molecule has 1 fully saturated rings. The molecule has 3 rings (SSSR count). The van der Waals surface area contributed by atoms with Crippen LogP contribution in [0.1, 0.15) is 77.2 Å². The number of hydrogen-bond acceptors (Lipinski definition) is 4. The lowest BCUT2D eigenvalue weighted by molar-refractivity contribution is -0.0318. The van der Waals surface area contributed by atoms with Gasteiger partial charge in [0.05, 0.1) is 11.6 Å². The average molecular weight is 482 g/mol. The van der Waals surface area contributed by atoms with E-state index in [0.29, 0.717) is 42.6 Å². The topological polar surface area (TPSA) is 49.8 Å². The lowest BCUT2D eigenvalue weighted by atomic mass is 9.84. The van der Waals surface area contributed by atoms with Crippen LogP contribution >= 0.6 is 0 Å². The molecule has 0 radical (unpaired) electrons. The molecule has 0 bridgehead atoms. The highest BCUT2D eigenvalue weighted by atomic mass is 28.4. The number of piperidine rings is 1. The van der Waals surface area contributed by atoms with E-state index in [4.69, 9.17) is 4.43 Å². The van der Waals surface area contributed by atoms with Gasteiger partial charge in [-0.15, -0.1) is 0 Å². The summed E-state index contributed by atoms with van der Waals surface area (Å²) in [7, 11) is -2.02. The molecule has 4 nitrogen and oxygen atoms in total. The van der Waals surface area contributed by atoms with Crippen LogP contribution in [0.2, 0.25) is 16.6 Å². The SMILES string of the molecule is CC(C)[Si](Oc1ccc(C(=O)[C@H](C)N2CCC(O)(c3ccccc3)CC2)cc1)(C(C)C)C(C)C. The highest BCUT2D eigenvalue weighted by Crippen LogP contribution is 2.42. The van der Waals surface area contributed by atoms with Crippen LogP contribution in [0, 0.1) is 0 Å². The van der Waals surface area contributed by atoms with Crippen molar-refractivity contribution < 1.29 is 14.3 Å². The maximum absolute atomic E-state index is 13.3. The molecule has 1 saturated heterocycles. The number of likely N-dealkylation sites (tertiary alicyclic amines) is 1. The minimum atomic E-state index is -2.02. The van der Waals surface area contributed by atoms with Crippen molar-refractivity contribution in [2.75, 3.05) is 13.1 Å². The second-order valence-electron chi connectivity index (χ2n) is 10.9. The minimum absolute atomic E-state index is 0.122. The lowest BCUT2D eigenvalue weighted by Crippen LogP contribution is -2.50. The van der Waals surface area contributed by atoms with Crippen LogP contribution in [0.25, 0.3) is 0 Å². The van der Waals surface area contributed by atoms with Crippen molar-refractivity contribution in [3.8, 4) is 5.75 Å². The Morgan fingerprint density at radius 3 is 1.82 bits per heavy atom. The van der Waals surface area contributed by atoms with Gasteiger partial charge in [-0.25, -0.2) is 0 Å². The third kappa shape index (κ3) is 5.32. The molecule has 1 heterocycles. The molecule has 2 aromatic carbocycles. The number of carbonyl (C=O) groups is 1. The Kier molecular flexibility index (Phi) is 8.43. The number of aliphatic hydroxyl groups is 1. The van der Waals surface area contributed by atoms with Crippen molar-refractivity contribution in [1.29, 1.82) is 0 Å². The summed E-state index contributed by atoms with van der Waals surface area (Å²) >= 11 is 0. The number of rotatable bonds is 9. The number of nitrogens with zero attached hydrogens (tertiary/aromatic N) is 1. The number of Topliss-reactive ketones (excluding diaryl/α,β-unsaturated/α-hetero) is 1. The summed E-state index contributed by atoms with van der Waals surface area (Å²) in [6.07, 6.45) is 1.27. The zero-order valence-electron chi connectivity index (χ0n) is 22.0. The lowest BCUT2D eigenvalue weighted by Gasteiger charge is -2.42. The van der Waals surface area contributed by atoms with Crippen molar-refractivity contribution in [1.82, 2.24) is 4.90 Å². The third-order valence-corrected chi connectivity index (χ3v) is 14.0. The normalized spacial score (nSPS) is 17.9. The van der Waals surface area contributed by atoms with E-state index in [0.717, 1.165) is 16.9 Å². The van der Waals surface area contributed by atoms with Crippen molar-refractivity contribution in [3.05, 3.63) is 65.7 Å². The fourth-order valence-electron chi connectivity index (χ4n) is 5.97. The molecule has 1 aliphatic rings. The molecule has 0 unspecified atom stereocenters. The van der Waals surface area contributed by atoms with Gasteiger partial charge < -0.3 is 9.53 Å². The molecule has 186 valence electrons. The highest BCUT2D eigenvalue weighted by Gasteiger charge is 2.47. The molecule has 2 aromatic rings. The highest BCUT2D eigenvalue weighted by molar-refractivity contribution is 6.78. The van der Waals surface area contributed by atoms with Crippen molar-refractivity contribution in [3.63, 3.8) is 0 Å². The van der Waals surface area contributed by atoms with E-state index in [1.165, 1.54) is 0 Å². The van der Waals surface area contributed by atoms with E-state index in [2.05, 4.69) is 46.4 Å². The maximum atomic E-state index is 13.3. The Morgan fingerprint density at radius 2 is 1.35 bits per heavy atom. The van der Waals surface area contributed by atoms with E-state index in [-0.39, 0.29) is 11.8 Å². The molecule has 1 aliphatic heterocycles. The van der Waals surface area contributed by atoms with Crippen molar-refractivity contribution in [2.45, 2.75) is 89.6 Å². The van der Waals surface area contributed by atoms with Crippen LogP contribution < -0.4 is 4.43 Å². The van der Waals surface area contributed by atoms with E-state index >= 15 is 0 Å². The molecule has 34 heavy (non-hydrogen) atoms. The van der Waals surface area contributed by atoms with Crippen LogP contribution in [0.15, 0.2) is 54.6 Å². The van der Waals surface area contributed by atoms with Gasteiger partial charge in [-0.05, 0) is 66.2 Å². The molecule has 0 amide bonds. The standard InChI is InChI=1S/C29H43NO3Si/c1-21(2)34(22(3)4,23(5)6)33-27-15-13-25(14-16-27)28(31)24(7)30-19-17-29(32,18-20-30)26-11-9-8-10-12-26/h8-16,21-24,32H,17-20H2,1-7H3/t24-/m0/s1. The van der Waals surface area contributed by atoms with Gasteiger partial charge in [0.1, 0.15) is 5.75 Å². The van der Waals surface area contributed by atoms with Gasteiger partial charge in [0.15, 0.2) is 5.78 Å². The fourth-order valence-corrected chi connectivity index (χ4v) is 11.2. The Labute approximate surface area is 207 Å². The monoisotopic (exact) mass is 481 g/mol. The first-order valence-corrected chi connectivity index (χ1v) is 15.0. The van der Waals surface area contributed by atoms with Crippen LogP contribution in [0.4, 0.5) is 0 Å². The Bertz CT molecular complexity index is 910. The van der Waals surface area contributed by atoms with Crippen LogP contribution in [0.3, 0.4) is 0 Å². The Morgan fingerprint density at radius 1 is 0.853 bits per heavy atom. The molecule has 0 saturated carbocycles. The van der Waals surface area contributed by atoms with Crippen molar-refractivity contribution in [2.24, 2.45) is 0 Å². The number of carbonyl (C=O) groups excluding carboxylic acids is 1. The molecule has 1 N–H and O–H groups in total. The first-order valence-electron chi connectivity index (χ1n) is 12.9. The summed E-state index contributed by atoms with van der Waals surface area (Å²) < 4.78 is 6.75. The summed E-state index contributed by atoms with van der Waals surface area (Å²) in [4.78, 5) is 15.5. The van der Waals surface area contributed by atoms with Gasteiger partial charge in [-0.3, -0.25) is 9.69 Å². The van der Waals surface area contributed by atoms with E-state index < -0.39 is 13.9 Å². The Hall–Kier alpha value is -1.95. The molecule has 5 heteroatoms. The predicted octanol–water partition coefficient (Wildman–Crippen LogP) is 6.80. The van der Waals surface area contributed by atoms with Gasteiger partial charge >= 0.3 is 0 Å². The molecular formula is C29H43NO3Si. The molecule has 0 aliphatic carbocycles. The summed E-state index contributed by atoms with van der Waals surface area (Å²) in [6.45, 7) is 17.1. The van der Waals surface area contributed by atoms with E-state index in [9.17, 15) is 9.90 Å². The number of benzene rings is 2. The van der Waals surface area contributed by atoms with E-state index in [1.54, 1.807) is 0 Å². The van der Waals surface area contributed by atoms with Gasteiger partial charge in [0, 0.05) is 18.7 Å². The third-order valence-electron chi connectivity index (χ3n) is 8.00. The van der Waals surface area contributed by atoms with Crippen LogP contribution in [0.5, 0.6) is 5.75 Å². The predicted molar refractivity (Wildman–Crippen MR) is 143 cm³/mol. The average Bonchev–Trinajstić information content (AvgIpc) is 2.82.